The minimum Gasteiger partial charge on any atom is -0.480 e. The average Bonchev–Trinajstić information content (AvgIpc) is 3.56. The maximum atomic E-state index is 13.8. The van der Waals surface area contributed by atoms with Crippen LogP contribution in [0.4, 0.5) is 4.79 Å². The minimum absolute atomic E-state index is 0.0344. The molecule has 2 aliphatic rings. The molecule has 198 valence electrons. The maximum Gasteiger partial charge on any atom is 0.320 e. The van der Waals surface area contributed by atoms with Crippen LogP contribution in [0, 0.1) is 19.8 Å². The van der Waals surface area contributed by atoms with Gasteiger partial charge in [0.05, 0.1) is 0 Å². The van der Waals surface area contributed by atoms with Crippen molar-refractivity contribution in [3.8, 4) is 5.75 Å². The van der Waals surface area contributed by atoms with E-state index in [9.17, 15) is 14.4 Å². The molecule has 2 saturated heterocycles. The lowest BCUT2D eigenvalue weighted by Gasteiger charge is -2.27. The van der Waals surface area contributed by atoms with E-state index in [2.05, 4.69) is 12.1 Å². The monoisotopic (exact) mass is 522 g/mol. The number of carbonyl (C=O) groups is 3. The predicted molar refractivity (Wildman–Crippen MR) is 148 cm³/mol. The summed E-state index contributed by atoms with van der Waals surface area (Å²) in [4.78, 5) is 44.1. The number of aryl methyl sites for hydroxylation is 2. The number of ketones is 2. The number of likely N-dealkylation sites (tertiary alicyclic amines) is 2. The van der Waals surface area contributed by atoms with Crippen molar-refractivity contribution in [3.05, 3.63) is 58.7 Å². The largest absolute Gasteiger partial charge is 0.480 e. The van der Waals surface area contributed by atoms with E-state index in [0.29, 0.717) is 24.4 Å². The van der Waals surface area contributed by atoms with Gasteiger partial charge in [0.15, 0.2) is 17.2 Å². The first-order valence-electron chi connectivity index (χ1n) is 13.0. The highest BCUT2D eigenvalue weighted by Gasteiger charge is 2.42. The Kier molecular flexibility index (Phi) is 8.02. The van der Waals surface area contributed by atoms with E-state index in [1.165, 1.54) is 6.92 Å². The van der Waals surface area contributed by atoms with Crippen LogP contribution in [0.1, 0.15) is 66.6 Å². The molecule has 2 unspecified atom stereocenters. The van der Waals surface area contributed by atoms with Crippen LogP contribution in [-0.2, 0) is 4.79 Å². The molecule has 2 atom stereocenters. The van der Waals surface area contributed by atoms with Crippen molar-refractivity contribution in [1.82, 2.24) is 9.80 Å². The van der Waals surface area contributed by atoms with Gasteiger partial charge in [-0.25, -0.2) is 4.79 Å². The summed E-state index contributed by atoms with van der Waals surface area (Å²) in [6.07, 6.45) is 4.08. The summed E-state index contributed by atoms with van der Waals surface area (Å²) in [5.41, 5.74) is 2.62. The Labute approximate surface area is 224 Å². The van der Waals surface area contributed by atoms with Crippen LogP contribution in [0.15, 0.2) is 41.3 Å². The Balaban J connectivity index is 1.67. The van der Waals surface area contributed by atoms with Crippen LogP contribution < -0.4 is 4.74 Å². The van der Waals surface area contributed by atoms with Crippen molar-refractivity contribution in [2.75, 3.05) is 32.4 Å². The van der Waals surface area contributed by atoms with Crippen LogP contribution in [0.3, 0.4) is 0 Å². The highest BCUT2D eigenvalue weighted by Crippen LogP contribution is 2.39. The molecule has 0 saturated carbocycles. The number of amides is 2. The molecule has 2 amide bonds. The summed E-state index contributed by atoms with van der Waals surface area (Å²) >= 11 is 1.64. The molecule has 4 rings (SSSR count). The third-order valence-corrected chi connectivity index (χ3v) is 8.54. The maximum absolute atomic E-state index is 13.8. The third-order valence-electron chi connectivity index (χ3n) is 7.79. The van der Waals surface area contributed by atoms with Crippen LogP contribution in [0.5, 0.6) is 5.75 Å². The van der Waals surface area contributed by atoms with Gasteiger partial charge >= 0.3 is 6.03 Å². The number of hydrogen-bond donors (Lipinski definition) is 0. The number of ether oxygens (including phenoxy) is 1. The van der Waals surface area contributed by atoms with Crippen molar-refractivity contribution in [2.24, 2.45) is 5.92 Å². The molecular formula is C30H38N2O4S. The summed E-state index contributed by atoms with van der Waals surface area (Å²) in [6, 6.07) is 11.9. The first-order chi connectivity index (χ1) is 17.5. The first-order valence-corrected chi connectivity index (χ1v) is 14.3. The van der Waals surface area contributed by atoms with E-state index < -0.39 is 5.60 Å². The van der Waals surface area contributed by atoms with Gasteiger partial charge in [-0.15, -0.1) is 11.8 Å². The molecule has 2 heterocycles. The standard InChI is InChI=1S/C30H38N2O4S/c1-19-15-23(16-20(2)28(19)36-30(4,5)21(3)33)25-17-32(29(35)31-13-7-8-14-31)18-26(25)27(34)22-9-11-24(37-6)12-10-22/h9-12,15-16,25-26H,7-8,13-14,17-18H2,1-6H3. The molecule has 37 heavy (non-hydrogen) atoms. The fraction of sp³-hybridized carbons (Fsp3) is 0.500. The molecule has 7 heteroatoms. The second-order valence-electron chi connectivity index (χ2n) is 10.8. The van der Waals surface area contributed by atoms with Gasteiger partial charge in [-0.05, 0) is 82.5 Å². The number of urea groups is 1. The molecule has 0 aromatic heterocycles. The van der Waals surface area contributed by atoms with Gasteiger partial charge in [0.1, 0.15) is 5.75 Å². The highest BCUT2D eigenvalue weighted by atomic mass is 32.2. The molecule has 0 bridgehead atoms. The second-order valence-corrected chi connectivity index (χ2v) is 11.7. The molecule has 2 fully saturated rings. The zero-order valence-corrected chi connectivity index (χ0v) is 23.6. The van der Waals surface area contributed by atoms with Gasteiger partial charge in [0.2, 0.25) is 0 Å². The lowest BCUT2D eigenvalue weighted by molar-refractivity contribution is -0.129. The number of hydrogen-bond acceptors (Lipinski definition) is 5. The van der Waals surface area contributed by atoms with Gasteiger partial charge in [0, 0.05) is 48.5 Å². The molecule has 2 aromatic rings. The van der Waals surface area contributed by atoms with E-state index in [1.807, 2.05) is 54.2 Å². The number of benzene rings is 2. The molecule has 2 aliphatic heterocycles. The van der Waals surface area contributed by atoms with E-state index in [0.717, 1.165) is 47.5 Å². The number of nitrogens with zero attached hydrogens (tertiary/aromatic N) is 2. The van der Waals surface area contributed by atoms with Gasteiger partial charge in [0.25, 0.3) is 0 Å². The Morgan fingerprint density at radius 1 is 0.946 bits per heavy atom. The zero-order valence-electron chi connectivity index (χ0n) is 22.8. The zero-order chi connectivity index (χ0) is 26.9. The molecular weight excluding hydrogens is 484 g/mol. The number of thioether (sulfide) groups is 1. The number of Topliss-reactive ketones (excluding diaryl/α,β-unsaturated/α-hetero) is 2. The average molecular weight is 523 g/mol. The third kappa shape index (κ3) is 5.71. The Morgan fingerprint density at radius 2 is 1.54 bits per heavy atom. The summed E-state index contributed by atoms with van der Waals surface area (Å²) in [7, 11) is 0. The normalized spacial score (nSPS) is 19.8. The predicted octanol–water partition coefficient (Wildman–Crippen LogP) is 5.89. The van der Waals surface area contributed by atoms with E-state index >= 15 is 0 Å². The van der Waals surface area contributed by atoms with E-state index in [1.54, 1.807) is 25.6 Å². The van der Waals surface area contributed by atoms with Crippen LogP contribution >= 0.6 is 11.8 Å². The SMILES string of the molecule is CSc1ccc(C(=O)C2CN(C(=O)N3CCCC3)CC2c2cc(C)c(OC(C)(C)C(C)=O)c(C)c2)cc1. The highest BCUT2D eigenvalue weighted by molar-refractivity contribution is 7.98. The topological polar surface area (TPSA) is 66.9 Å². The van der Waals surface area contributed by atoms with Crippen LogP contribution in [-0.4, -0.2) is 65.4 Å². The van der Waals surface area contributed by atoms with Crippen molar-refractivity contribution in [3.63, 3.8) is 0 Å². The Hall–Kier alpha value is -2.80. The molecule has 0 N–H and O–H groups in total. The summed E-state index contributed by atoms with van der Waals surface area (Å²) < 4.78 is 6.15. The minimum atomic E-state index is -0.926. The summed E-state index contributed by atoms with van der Waals surface area (Å²) in [5, 5.41) is 0. The molecule has 6 nitrogen and oxygen atoms in total. The van der Waals surface area contributed by atoms with E-state index in [4.69, 9.17) is 4.74 Å². The Morgan fingerprint density at radius 3 is 2.08 bits per heavy atom. The van der Waals surface area contributed by atoms with Gasteiger partial charge in [-0.2, -0.15) is 0 Å². The van der Waals surface area contributed by atoms with Crippen LogP contribution in [0.2, 0.25) is 0 Å². The molecule has 2 aromatic carbocycles. The van der Waals surface area contributed by atoms with Gasteiger partial charge in [-0.3, -0.25) is 9.59 Å². The lowest BCUT2D eigenvalue weighted by Crippen LogP contribution is -2.40. The van der Waals surface area contributed by atoms with Gasteiger partial charge in [-0.1, -0.05) is 24.3 Å². The Bertz CT molecular complexity index is 1160. The lowest BCUT2D eigenvalue weighted by atomic mass is 9.82. The summed E-state index contributed by atoms with van der Waals surface area (Å²) in [6.45, 7) is 11.5. The fourth-order valence-corrected chi connectivity index (χ4v) is 5.74. The van der Waals surface area contributed by atoms with Crippen molar-refractivity contribution in [1.29, 1.82) is 0 Å². The molecule has 0 radical (unpaired) electrons. The fourth-order valence-electron chi connectivity index (χ4n) is 5.33. The van der Waals surface area contributed by atoms with Crippen molar-refractivity contribution in [2.45, 2.75) is 63.9 Å². The van der Waals surface area contributed by atoms with Gasteiger partial charge < -0.3 is 14.5 Å². The van der Waals surface area contributed by atoms with Crippen molar-refractivity contribution >= 4 is 29.4 Å². The quantitative estimate of drug-likeness (QED) is 0.335. The van der Waals surface area contributed by atoms with Crippen LogP contribution in [0.25, 0.3) is 0 Å². The molecule has 0 spiro atoms. The molecule has 0 aliphatic carbocycles. The van der Waals surface area contributed by atoms with Crippen molar-refractivity contribution < 1.29 is 19.1 Å². The number of rotatable bonds is 7. The summed E-state index contributed by atoms with van der Waals surface area (Å²) in [5.74, 6) is 0.281. The number of carbonyl (C=O) groups excluding carboxylic acids is 3. The first kappa shape index (κ1) is 27.2. The smallest absolute Gasteiger partial charge is 0.320 e. The van der Waals surface area contributed by atoms with E-state index in [-0.39, 0.29) is 29.4 Å². The second kappa shape index (κ2) is 10.9.